The van der Waals surface area contributed by atoms with Crippen molar-refractivity contribution in [1.29, 1.82) is 0 Å². The van der Waals surface area contributed by atoms with Crippen LogP contribution in [0.4, 0.5) is 27.4 Å². The van der Waals surface area contributed by atoms with Crippen molar-refractivity contribution >= 4 is 49.8 Å². The van der Waals surface area contributed by atoms with Gasteiger partial charge < -0.3 is 20.4 Å². The van der Waals surface area contributed by atoms with E-state index in [1.54, 1.807) is 49.3 Å². The number of para-hydroxylation sites is 1. The topological polar surface area (TPSA) is 124 Å². The Hall–Kier alpha value is -4.49. The third-order valence-electron chi connectivity index (χ3n) is 7.60. The fourth-order valence-electron chi connectivity index (χ4n) is 5.32. The molecule has 42 heavy (non-hydrogen) atoms. The molecule has 1 fully saturated rings. The number of sulfonamides is 1. The number of pyridine rings is 1. The zero-order valence-electron chi connectivity index (χ0n) is 23.3. The van der Waals surface area contributed by atoms with E-state index in [9.17, 15) is 13.2 Å². The molecule has 0 saturated carbocycles. The molecule has 0 aliphatic carbocycles. The average Bonchev–Trinajstić information content (AvgIpc) is 2.96. The molecule has 3 N–H and O–H groups in total. The van der Waals surface area contributed by atoms with Crippen molar-refractivity contribution in [2.24, 2.45) is 0 Å². The molecule has 13 heteroatoms. The Kier molecular flexibility index (Phi) is 7.07. The van der Waals surface area contributed by atoms with Crippen LogP contribution >= 0.6 is 0 Å². The standard InChI is InChI=1S/C29H31FN8O3S/c1-18(36(2)3)22-14-20-17-32-29(33-21-8-9-25(23(30)16-21)37-12-10-31-11-13-37)34-27(20)38(28(22)39)26-15-19-6-4-5-7-24(19)35-42(26,40)41/h4-9,14,16-17,26,31,35H,1,10-13,15H2,2-3H3,(H,32,33,34). The van der Waals surface area contributed by atoms with E-state index in [0.29, 0.717) is 41.2 Å². The number of nitrogens with zero attached hydrogens (tertiary/aromatic N) is 5. The highest BCUT2D eigenvalue weighted by Gasteiger charge is 2.36. The van der Waals surface area contributed by atoms with Crippen molar-refractivity contribution in [3.05, 3.63) is 88.6 Å². The van der Waals surface area contributed by atoms with Gasteiger partial charge in [-0.3, -0.25) is 14.1 Å². The summed E-state index contributed by atoms with van der Waals surface area (Å²) in [6, 6.07) is 13.5. The molecule has 0 bridgehead atoms. The molecule has 4 heterocycles. The minimum atomic E-state index is -4.03. The predicted molar refractivity (Wildman–Crippen MR) is 163 cm³/mol. The molecule has 1 unspecified atom stereocenters. The van der Waals surface area contributed by atoms with Gasteiger partial charge in [-0.2, -0.15) is 4.98 Å². The maximum atomic E-state index is 15.1. The number of aromatic nitrogens is 3. The summed E-state index contributed by atoms with van der Waals surface area (Å²) in [6.45, 7) is 7.01. The number of hydrogen-bond donors (Lipinski definition) is 3. The van der Waals surface area contributed by atoms with E-state index in [1.165, 1.54) is 16.8 Å². The molecule has 1 atom stereocenters. The van der Waals surface area contributed by atoms with Gasteiger partial charge in [-0.1, -0.05) is 24.8 Å². The second-order valence-corrected chi connectivity index (χ2v) is 12.4. The minimum absolute atomic E-state index is 0.0594. The van der Waals surface area contributed by atoms with E-state index in [1.807, 2.05) is 17.0 Å². The lowest BCUT2D eigenvalue weighted by atomic mass is 10.1. The van der Waals surface area contributed by atoms with Gasteiger partial charge in [0.1, 0.15) is 11.5 Å². The van der Waals surface area contributed by atoms with Gasteiger partial charge in [0, 0.05) is 69.7 Å². The fourth-order valence-corrected chi connectivity index (χ4v) is 6.83. The van der Waals surface area contributed by atoms with Gasteiger partial charge in [0.15, 0.2) is 5.37 Å². The summed E-state index contributed by atoms with van der Waals surface area (Å²) in [7, 11) is -0.526. The number of benzene rings is 2. The predicted octanol–water partition coefficient (Wildman–Crippen LogP) is 3.11. The number of nitrogens with one attached hydrogen (secondary N) is 3. The Morgan fingerprint density at radius 2 is 1.90 bits per heavy atom. The molecule has 2 aliphatic heterocycles. The maximum absolute atomic E-state index is 15.1. The van der Waals surface area contributed by atoms with Crippen molar-refractivity contribution in [2.75, 3.05) is 55.2 Å². The van der Waals surface area contributed by atoms with E-state index in [4.69, 9.17) is 0 Å². The van der Waals surface area contributed by atoms with Crippen LogP contribution in [0, 0.1) is 5.82 Å². The Morgan fingerprint density at radius 1 is 1.14 bits per heavy atom. The van der Waals surface area contributed by atoms with Crippen LogP contribution in [0.3, 0.4) is 0 Å². The van der Waals surface area contributed by atoms with Gasteiger partial charge in [0.25, 0.3) is 15.6 Å². The van der Waals surface area contributed by atoms with Gasteiger partial charge in [-0.25, -0.2) is 17.8 Å². The van der Waals surface area contributed by atoms with Crippen LogP contribution in [0.25, 0.3) is 16.7 Å². The maximum Gasteiger partial charge on any atom is 0.262 e. The van der Waals surface area contributed by atoms with Crippen LogP contribution in [-0.4, -0.2) is 68.1 Å². The summed E-state index contributed by atoms with van der Waals surface area (Å²) in [5.74, 6) is -0.296. The van der Waals surface area contributed by atoms with Crippen molar-refractivity contribution in [3.63, 3.8) is 0 Å². The largest absolute Gasteiger partial charge is 0.377 e. The van der Waals surface area contributed by atoms with Crippen LogP contribution in [-0.2, 0) is 16.4 Å². The van der Waals surface area contributed by atoms with Gasteiger partial charge in [-0.15, -0.1) is 0 Å². The van der Waals surface area contributed by atoms with Crippen molar-refractivity contribution in [3.8, 4) is 0 Å². The number of hydrogen-bond acceptors (Lipinski definition) is 9. The molecule has 2 aliphatic rings. The van der Waals surface area contributed by atoms with E-state index in [-0.39, 0.29) is 29.4 Å². The lowest BCUT2D eigenvalue weighted by Crippen LogP contribution is -2.43. The van der Waals surface area contributed by atoms with Gasteiger partial charge in [-0.05, 0) is 35.9 Å². The number of fused-ring (bicyclic) bond motifs is 2. The molecule has 2 aromatic carbocycles. The highest BCUT2D eigenvalue weighted by atomic mass is 32.2. The molecule has 1 saturated heterocycles. The third kappa shape index (κ3) is 5.05. The zero-order valence-corrected chi connectivity index (χ0v) is 24.1. The van der Waals surface area contributed by atoms with Gasteiger partial charge in [0.05, 0.1) is 16.9 Å². The second kappa shape index (κ2) is 10.7. The molecule has 6 rings (SSSR count). The van der Waals surface area contributed by atoms with E-state index in [2.05, 4.69) is 31.9 Å². The highest BCUT2D eigenvalue weighted by molar-refractivity contribution is 7.92. The second-order valence-electron chi connectivity index (χ2n) is 10.5. The number of halogens is 1. The van der Waals surface area contributed by atoms with Gasteiger partial charge in [0.2, 0.25) is 5.95 Å². The summed E-state index contributed by atoms with van der Waals surface area (Å²) >= 11 is 0. The zero-order chi connectivity index (χ0) is 29.6. The molecule has 218 valence electrons. The summed E-state index contributed by atoms with van der Waals surface area (Å²) in [4.78, 5) is 26.6. The summed E-state index contributed by atoms with van der Waals surface area (Å²) < 4.78 is 45.9. The third-order valence-corrected chi connectivity index (χ3v) is 9.19. The number of anilines is 4. The first-order chi connectivity index (χ1) is 20.1. The average molecular weight is 591 g/mol. The van der Waals surface area contributed by atoms with E-state index in [0.717, 1.165) is 18.7 Å². The van der Waals surface area contributed by atoms with E-state index >= 15 is 4.39 Å². The molecule has 4 aromatic rings. The van der Waals surface area contributed by atoms with Crippen LogP contribution in [0.5, 0.6) is 0 Å². The Morgan fingerprint density at radius 3 is 2.64 bits per heavy atom. The van der Waals surface area contributed by atoms with E-state index < -0.39 is 21.0 Å². The first kappa shape index (κ1) is 27.7. The monoisotopic (exact) mass is 590 g/mol. The molecule has 0 spiro atoms. The molecule has 0 radical (unpaired) electrons. The molecular weight excluding hydrogens is 559 g/mol. The van der Waals surface area contributed by atoms with Crippen LogP contribution in [0.1, 0.15) is 16.5 Å². The molecular formula is C29H31FN8O3S. The smallest absolute Gasteiger partial charge is 0.262 e. The highest BCUT2D eigenvalue weighted by Crippen LogP contribution is 2.34. The van der Waals surface area contributed by atoms with Gasteiger partial charge >= 0.3 is 0 Å². The number of piperazine rings is 1. The lowest BCUT2D eigenvalue weighted by Gasteiger charge is -2.29. The Bertz CT molecular complexity index is 1870. The quantitative estimate of drug-likeness (QED) is 0.311. The van der Waals surface area contributed by atoms with Crippen molar-refractivity contribution in [1.82, 2.24) is 24.8 Å². The minimum Gasteiger partial charge on any atom is -0.377 e. The Balaban J connectivity index is 1.44. The summed E-state index contributed by atoms with van der Waals surface area (Å²) in [6.07, 6.45) is 1.57. The summed E-state index contributed by atoms with van der Waals surface area (Å²) in [5.41, 5.74) is 2.38. The van der Waals surface area contributed by atoms with Crippen LogP contribution in [0.2, 0.25) is 0 Å². The van der Waals surface area contributed by atoms with Crippen LogP contribution < -0.4 is 25.8 Å². The number of rotatable bonds is 6. The molecule has 0 amide bonds. The fraction of sp³-hybridized carbons (Fsp3) is 0.276. The SMILES string of the molecule is C=C(c1cc2cnc(Nc3ccc(N4CCNCC4)c(F)c3)nc2n(C2Cc3ccccc3NS2(=O)=O)c1=O)N(C)C. The summed E-state index contributed by atoms with van der Waals surface area (Å²) in [5, 5.41) is 5.43. The lowest BCUT2D eigenvalue weighted by molar-refractivity contribution is 0.541. The first-order valence-corrected chi connectivity index (χ1v) is 15.1. The molecule has 2 aromatic heterocycles. The van der Waals surface area contributed by atoms with Crippen molar-refractivity contribution in [2.45, 2.75) is 11.8 Å². The van der Waals surface area contributed by atoms with Crippen molar-refractivity contribution < 1.29 is 12.8 Å². The Labute approximate surface area is 242 Å². The normalized spacial score (nSPS) is 17.8. The molecule has 11 nitrogen and oxygen atoms in total. The first-order valence-electron chi connectivity index (χ1n) is 13.5. The van der Waals surface area contributed by atoms with Crippen LogP contribution in [0.15, 0.2) is 66.1 Å².